The van der Waals surface area contributed by atoms with Crippen molar-refractivity contribution >= 4 is 0 Å². The largest absolute Gasteiger partial charge is 0.316 e. The standard InChI is InChI=1S/C13H17FN2/c14-12-3-1-9(2-4-12)6-16-13-10-5-11(13)8-15-7-10/h1-4,10-11,13,15-16H,5-8H2/t10-,11+,13?. The molecule has 1 aromatic rings. The second-order valence-corrected chi connectivity index (χ2v) is 4.95. The van der Waals surface area contributed by atoms with Gasteiger partial charge < -0.3 is 10.6 Å². The van der Waals surface area contributed by atoms with Gasteiger partial charge in [0, 0.05) is 12.6 Å². The predicted molar refractivity (Wildman–Crippen MR) is 61.5 cm³/mol. The molecule has 2 aliphatic rings. The smallest absolute Gasteiger partial charge is 0.123 e. The topological polar surface area (TPSA) is 24.1 Å². The first kappa shape index (κ1) is 10.2. The maximum atomic E-state index is 12.7. The molecule has 2 bridgehead atoms. The van der Waals surface area contributed by atoms with Crippen molar-refractivity contribution < 1.29 is 4.39 Å². The van der Waals surface area contributed by atoms with Crippen LogP contribution in [-0.2, 0) is 6.54 Å². The Bertz CT molecular complexity index is 349. The molecular formula is C13H17FN2. The van der Waals surface area contributed by atoms with Crippen LogP contribution in [0.3, 0.4) is 0 Å². The molecule has 1 aliphatic carbocycles. The van der Waals surface area contributed by atoms with Gasteiger partial charge in [0.25, 0.3) is 0 Å². The number of benzene rings is 1. The van der Waals surface area contributed by atoms with E-state index in [2.05, 4.69) is 10.6 Å². The summed E-state index contributed by atoms with van der Waals surface area (Å²) in [5.41, 5.74) is 1.17. The van der Waals surface area contributed by atoms with Gasteiger partial charge in [0.2, 0.25) is 0 Å². The van der Waals surface area contributed by atoms with Crippen molar-refractivity contribution in [3.63, 3.8) is 0 Å². The molecule has 1 heterocycles. The van der Waals surface area contributed by atoms with Gasteiger partial charge in [0.1, 0.15) is 5.82 Å². The monoisotopic (exact) mass is 220 g/mol. The minimum absolute atomic E-state index is 0.159. The lowest BCUT2D eigenvalue weighted by Gasteiger charge is -2.50. The Balaban J connectivity index is 1.55. The molecule has 2 nitrogen and oxygen atoms in total. The van der Waals surface area contributed by atoms with Crippen LogP contribution in [0.4, 0.5) is 4.39 Å². The second kappa shape index (κ2) is 4.15. The van der Waals surface area contributed by atoms with Crippen molar-refractivity contribution in [2.75, 3.05) is 13.1 Å². The lowest BCUT2D eigenvalue weighted by Crippen LogP contribution is -2.62. The Morgan fingerprint density at radius 2 is 1.88 bits per heavy atom. The van der Waals surface area contributed by atoms with Crippen LogP contribution in [0, 0.1) is 17.7 Å². The summed E-state index contributed by atoms with van der Waals surface area (Å²) in [5.74, 6) is 1.45. The summed E-state index contributed by atoms with van der Waals surface area (Å²) in [5, 5.41) is 7.02. The van der Waals surface area contributed by atoms with Crippen molar-refractivity contribution in [3.8, 4) is 0 Å². The fourth-order valence-corrected chi connectivity index (χ4v) is 2.92. The molecule has 0 radical (unpaired) electrons. The van der Waals surface area contributed by atoms with E-state index in [1.165, 1.54) is 24.1 Å². The molecule has 86 valence electrons. The molecule has 0 spiro atoms. The third-order valence-corrected chi connectivity index (χ3v) is 3.89. The Kier molecular flexibility index (Phi) is 2.65. The number of halogens is 1. The molecule has 16 heavy (non-hydrogen) atoms. The predicted octanol–water partition coefficient (Wildman–Crippen LogP) is 1.52. The molecule has 1 aliphatic heterocycles. The fourth-order valence-electron chi connectivity index (χ4n) is 2.92. The zero-order valence-corrected chi connectivity index (χ0v) is 9.25. The first-order valence-corrected chi connectivity index (χ1v) is 6.01. The fraction of sp³-hybridized carbons (Fsp3) is 0.538. The van der Waals surface area contributed by atoms with Gasteiger partial charge in [-0.05, 0) is 49.0 Å². The van der Waals surface area contributed by atoms with E-state index >= 15 is 0 Å². The molecule has 2 fully saturated rings. The summed E-state index contributed by atoms with van der Waals surface area (Å²) in [7, 11) is 0. The summed E-state index contributed by atoms with van der Waals surface area (Å²) in [6.07, 6.45) is 1.37. The molecule has 2 N–H and O–H groups in total. The van der Waals surface area contributed by atoms with Crippen LogP contribution in [0.1, 0.15) is 12.0 Å². The van der Waals surface area contributed by atoms with Crippen LogP contribution in [0.25, 0.3) is 0 Å². The van der Waals surface area contributed by atoms with Gasteiger partial charge in [-0.25, -0.2) is 4.39 Å². The van der Waals surface area contributed by atoms with E-state index in [4.69, 9.17) is 0 Å². The second-order valence-electron chi connectivity index (χ2n) is 4.95. The van der Waals surface area contributed by atoms with Crippen molar-refractivity contribution in [2.45, 2.75) is 19.0 Å². The number of rotatable bonds is 3. The van der Waals surface area contributed by atoms with E-state index in [9.17, 15) is 4.39 Å². The van der Waals surface area contributed by atoms with Gasteiger partial charge >= 0.3 is 0 Å². The van der Waals surface area contributed by atoms with E-state index in [1.807, 2.05) is 12.1 Å². The van der Waals surface area contributed by atoms with E-state index in [0.717, 1.165) is 31.5 Å². The Hall–Kier alpha value is -0.930. The highest BCUT2D eigenvalue weighted by Crippen LogP contribution is 2.36. The van der Waals surface area contributed by atoms with Gasteiger partial charge in [0.05, 0.1) is 0 Å². The average molecular weight is 220 g/mol. The van der Waals surface area contributed by atoms with Crippen molar-refractivity contribution in [1.82, 2.24) is 10.6 Å². The van der Waals surface area contributed by atoms with Crippen molar-refractivity contribution in [1.29, 1.82) is 0 Å². The number of hydrogen-bond donors (Lipinski definition) is 2. The zero-order valence-electron chi connectivity index (χ0n) is 9.25. The van der Waals surface area contributed by atoms with Gasteiger partial charge in [0.15, 0.2) is 0 Å². The van der Waals surface area contributed by atoms with Gasteiger partial charge in [-0.3, -0.25) is 0 Å². The van der Waals surface area contributed by atoms with Crippen molar-refractivity contribution in [3.05, 3.63) is 35.6 Å². The molecule has 3 heteroatoms. The first-order valence-electron chi connectivity index (χ1n) is 6.01. The number of fused-ring (bicyclic) bond motifs is 2. The molecule has 3 atom stereocenters. The number of hydrogen-bond acceptors (Lipinski definition) is 2. The average Bonchev–Trinajstić information content (AvgIpc) is 2.32. The molecular weight excluding hydrogens is 203 g/mol. The van der Waals surface area contributed by atoms with Gasteiger partial charge in [-0.15, -0.1) is 0 Å². The molecule has 1 saturated heterocycles. The molecule has 1 unspecified atom stereocenters. The van der Waals surface area contributed by atoms with Crippen LogP contribution >= 0.6 is 0 Å². The lowest BCUT2D eigenvalue weighted by molar-refractivity contribution is 0.0657. The third kappa shape index (κ3) is 1.85. The normalized spacial score (nSPS) is 32.2. The van der Waals surface area contributed by atoms with Crippen LogP contribution < -0.4 is 10.6 Å². The molecule has 0 aromatic heterocycles. The number of piperidine rings is 2. The third-order valence-electron chi connectivity index (χ3n) is 3.89. The summed E-state index contributed by atoms with van der Waals surface area (Å²) in [6, 6.07) is 7.44. The quantitative estimate of drug-likeness (QED) is 0.807. The highest BCUT2D eigenvalue weighted by molar-refractivity contribution is 5.16. The maximum Gasteiger partial charge on any atom is 0.123 e. The number of nitrogens with one attached hydrogen (secondary N) is 2. The lowest BCUT2D eigenvalue weighted by atomic mass is 9.67. The Morgan fingerprint density at radius 1 is 1.19 bits per heavy atom. The van der Waals surface area contributed by atoms with Crippen LogP contribution in [0.15, 0.2) is 24.3 Å². The first-order chi connectivity index (χ1) is 7.83. The van der Waals surface area contributed by atoms with Gasteiger partial charge in [-0.2, -0.15) is 0 Å². The maximum absolute atomic E-state index is 12.7. The van der Waals surface area contributed by atoms with E-state index in [-0.39, 0.29) is 5.82 Å². The Labute approximate surface area is 95.2 Å². The van der Waals surface area contributed by atoms with Crippen LogP contribution in [0.2, 0.25) is 0 Å². The molecule has 1 aromatic carbocycles. The van der Waals surface area contributed by atoms with E-state index < -0.39 is 0 Å². The van der Waals surface area contributed by atoms with Crippen molar-refractivity contribution in [2.24, 2.45) is 11.8 Å². The Morgan fingerprint density at radius 3 is 2.50 bits per heavy atom. The van der Waals surface area contributed by atoms with Crippen LogP contribution in [0.5, 0.6) is 0 Å². The molecule has 0 amide bonds. The highest BCUT2D eigenvalue weighted by atomic mass is 19.1. The summed E-state index contributed by atoms with van der Waals surface area (Å²) >= 11 is 0. The molecule has 1 saturated carbocycles. The minimum atomic E-state index is -0.159. The van der Waals surface area contributed by atoms with E-state index in [0.29, 0.717) is 6.04 Å². The zero-order chi connectivity index (χ0) is 11.0. The summed E-state index contributed by atoms with van der Waals surface area (Å²) in [4.78, 5) is 0. The highest BCUT2D eigenvalue weighted by Gasteiger charge is 2.42. The van der Waals surface area contributed by atoms with Gasteiger partial charge in [-0.1, -0.05) is 12.1 Å². The minimum Gasteiger partial charge on any atom is -0.316 e. The summed E-state index contributed by atoms with van der Waals surface area (Å²) < 4.78 is 12.7. The van der Waals surface area contributed by atoms with Crippen LogP contribution in [-0.4, -0.2) is 19.1 Å². The van der Waals surface area contributed by atoms with E-state index in [1.54, 1.807) is 0 Å². The summed E-state index contributed by atoms with van der Waals surface area (Å²) in [6.45, 7) is 3.16. The SMILES string of the molecule is Fc1ccc(CNC2[C@@H]3CNC[C@H]2C3)cc1. The molecule has 3 rings (SSSR count).